The third kappa shape index (κ3) is 3.76. The number of carbonyl (C=O) groups is 1. The number of aromatic amines is 1. The van der Waals surface area contributed by atoms with Crippen molar-refractivity contribution in [2.45, 2.75) is 18.8 Å². The maximum atomic E-state index is 12.9. The Morgan fingerprint density at radius 2 is 1.91 bits per heavy atom. The largest absolute Gasteiger partial charge is 0.354 e. The number of nitriles is 1. The van der Waals surface area contributed by atoms with Crippen molar-refractivity contribution in [3.63, 3.8) is 0 Å². The highest BCUT2D eigenvalue weighted by Crippen LogP contribution is 2.46. The second kappa shape index (κ2) is 9.17. The van der Waals surface area contributed by atoms with E-state index in [-0.39, 0.29) is 17.7 Å². The molecule has 1 fully saturated rings. The van der Waals surface area contributed by atoms with Gasteiger partial charge in [0, 0.05) is 34.4 Å². The van der Waals surface area contributed by atoms with Crippen molar-refractivity contribution in [3.05, 3.63) is 104 Å². The molecule has 2 aromatic carbocycles. The third-order valence-electron chi connectivity index (χ3n) is 6.58. The van der Waals surface area contributed by atoms with Crippen LogP contribution >= 0.6 is 15.9 Å². The molecule has 3 heterocycles. The molecule has 0 bridgehead atoms. The van der Waals surface area contributed by atoms with Crippen LogP contribution in [0.1, 0.15) is 45.8 Å². The van der Waals surface area contributed by atoms with Crippen LogP contribution in [0.5, 0.6) is 0 Å². The Hall–Kier alpha value is -3.88. The molecule has 34 heavy (non-hydrogen) atoms. The molecule has 0 saturated carbocycles. The van der Waals surface area contributed by atoms with E-state index in [1.165, 1.54) is 0 Å². The van der Waals surface area contributed by atoms with Gasteiger partial charge < -0.3 is 10.2 Å². The lowest BCUT2D eigenvalue weighted by atomic mass is 9.81. The number of aromatic nitrogens is 2. The van der Waals surface area contributed by atoms with E-state index in [1.54, 1.807) is 12.3 Å². The van der Waals surface area contributed by atoms with Crippen molar-refractivity contribution in [1.82, 2.24) is 15.1 Å². The smallest absolute Gasteiger partial charge is 0.253 e. The zero-order valence-electron chi connectivity index (χ0n) is 18.3. The van der Waals surface area contributed by atoms with E-state index in [2.05, 4.69) is 42.4 Å². The van der Waals surface area contributed by atoms with Crippen molar-refractivity contribution >= 4 is 27.7 Å². The monoisotopic (exact) mass is 512 g/mol. The minimum Gasteiger partial charge on any atom is -0.354 e. The maximum Gasteiger partial charge on any atom is 0.253 e. The summed E-state index contributed by atoms with van der Waals surface area (Å²) in [6.45, 7) is 9.32. The topological polar surface area (TPSA) is 89.2 Å². The van der Waals surface area contributed by atoms with Gasteiger partial charge in [-0.15, -0.1) is 0 Å². The number of fused-ring (bicyclic) bond motifs is 1. The molecule has 3 aromatic rings. The number of amides is 1. The van der Waals surface area contributed by atoms with Gasteiger partial charge >= 0.3 is 0 Å². The van der Waals surface area contributed by atoms with Gasteiger partial charge in [0.2, 0.25) is 0 Å². The molecule has 168 valence electrons. The second-order valence-corrected chi connectivity index (χ2v) is 9.22. The van der Waals surface area contributed by atoms with Gasteiger partial charge in [-0.05, 0) is 58.5 Å². The molecule has 2 aliphatic rings. The van der Waals surface area contributed by atoms with Crippen LogP contribution in [-0.2, 0) is 0 Å². The lowest BCUT2D eigenvalue weighted by molar-refractivity contribution is 0.0702. The van der Waals surface area contributed by atoms with Gasteiger partial charge in [-0.25, -0.2) is 4.85 Å². The number of halogens is 1. The van der Waals surface area contributed by atoms with E-state index in [9.17, 15) is 10.1 Å². The molecule has 1 aromatic heterocycles. The zero-order valence-corrected chi connectivity index (χ0v) is 19.8. The van der Waals surface area contributed by atoms with Gasteiger partial charge in [-0.2, -0.15) is 10.4 Å². The number of carbonyl (C=O) groups excluding carboxylic acids is 1. The summed E-state index contributed by atoms with van der Waals surface area (Å²) in [5.74, 6) is 0.584. The molecule has 2 aliphatic heterocycles. The van der Waals surface area contributed by atoms with E-state index >= 15 is 0 Å². The molecule has 1 amide bonds. The van der Waals surface area contributed by atoms with Gasteiger partial charge in [0.1, 0.15) is 11.9 Å². The molecular weight excluding hydrogens is 492 g/mol. The molecule has 0 spiro atoms. The standard InChI is InChI=1S/C26H21BrN6O/c1-29-24-21(19-9-5-8-18(14-28)22(19)27)20-15-30-32-25(20)31-23(24)16-10-12-33(13-11-16)26(34)17-6-3-2-4-7-17/h2-9,15-16,21H,10-13H2,(H2,30,31,32). The van der Waals surface area contributed by atoms with Crippen molar-refractivity contribution < 1.29 is 4.79 Å². The lowest BCUT2D eigenvalue weighted by Gasteiger charge is -2.36. The fourth-order valence-electron chi connectivity index (χ4n) is 4.86. The number of H-pyrrole nitrogens is 1. The summed E-state index contributed by atoms with van der Waals surface area (Å²) in [6.07, 6.45) is 3.26. The van der Waals surface area contributed by atoms with Crippen LogP contribution < -0.4 is 5.32 Å². The van der Waals surface area contributed by atoms with Crippen LogP contribution in [0.15, 0.2) is 70.6 Å². The number of nitrogens with zero attached hydrogens (tertiary/aromatic N) is 4. The van der Waals surface area contributed by atoms with Crippen LogP contribution in [0.3, 0.4) is 0 Å². The van der Waals surface area contributed by atoms with Crippen LogP contribution in [0, 0.1) is 23.8 Å². The quantitative estimate of drug-likeness (QED) is 0.467. The zero-order chi connectivity index (χ0) is 23.7. The van der Waals surface area contributed by atoms with Crippen molar-refractivity contribution in [1.29, 1.82) is 5.26 Å². The molecule has 5 rings (SSSR count). The van der Waals surface area contributed by atoms with E-state index < -0.39 is 0 Å². The Morgan fingerprint density at radius 3 is 2.62 bits per heavy atom. The minimum atomic E-state index is -0.339. The molecule has 2 N–H and O–H groups in total. The van der Waals surface area contributed by atoms with Crippen LogP contribution in [-0.4, -0.2) is 34.1 Å². The van der Waals surface area contributed by atoms with E-state index in [0.717, 1.165) is 35.5 Å². The number of benzene rings is 2. The summed E-state index contributed by atoms with van der Waals surface area (Å²) in [7, 11) is 0. The number of hydrogen-bond donors (Lipinski definition) is 2. The van der Waals surface area contributed by atoms with Gasteiger partial charge in [0.25, 0.3) is 5.91 Å². The molecule has 1 saturated heterocycles. The lowest BCUT2D eigenvalue weighted by Crippen LogP contribution is -2.40. The second-order valence-electron chi connectivity index (χ2n) is 8.42. The Balaban J connectivity index is 1.47. The molecule has 0 radical (unpaired) electrons. The number of anilines is 1. The SMILES string of the molecule is [C-]#[N+]C1=C(C2CCN(C(=O)c3ccccc3)CC2)Nc2[nH]ncc2C1c1cccc(C#N)c1Br. The highest BCUT2D eigenvalue weighted by atomic mass is 79.9. The number of hydrogen-bond acceptors (Lipinski definition) is 4. The fourth-order valence-corrected chi connectivity index (χ4v) is 5.44. The number of likely N-dealkylation sites (tertiary alicyclic amines) is 1. The van der Waals surface area contributed by atoms with Crippen molar-refractivity contribution in [3.8, 4) is 6.07 Å². The van der Waals surface area contributed by atoms with E-state index in [0.29, 0.717) is 34.4 Å². The predicted octanol–water partition coefficient (Wildman–Crippen LogP) is 5.28. The van der Waals surface area contributed by atoms with Gasteiger partial charge in [0.05, 0.1) is 24.3 Å². The molecule has 8 heteroatoms. The average molecular weight is 513 g/mol. The van der Waals surface area contributed by atoms with Gasteiger partial charge in [-0.3, -0.25) is 9.89 Å². The molecule has 7 nitrogen and oxygen atoms in total. The first-order chi connectivity index (χ1) is 16.6. The minimum absolute atomic E-state index is 0.0426. The van der Waals surface area contributed by atoms with Crippen LogP contribution in [0.4, 0.5) is 5.82 Å². The number of piperidine rings is 1. The Kier molecular flexibility index (Phi) is 5.91. The summed E-state index contributed by atoms with van der Waals surface area (Å²) in [4.78, 5) is 18.7. The van der Waals surface area contributed by atoms with E-state index in [1.807, 2.05) is 47.4 Å². The normalized spacial score (nSPS) is 18.0. The summed E-state index contributed by atoms with van der Waals surface area (Å²) < 4.78 is 0.695. The Bertz CT molecular complexity index is 1360. The van der Waals surface area contributed by atoms with Crippen LogP contribution in [0.2, 0.25) is 0 Å². The molecule has 1 atom stereocenters. The first-order valence-electron chi connectivity index (χ1n) is 11.1. The highest BCUT2D eigenvalue weighted by molar-refractivity contribution is 9.10. The Morgan fingerprint density at radius 1 is 1.15 bits per heavy atom. The van der Waals surface area contributed by atoms with Crippen molar-refractivity contribution in [2.24, 2.45) is 5.92 Å². The summed E-state index contributed by atoms with van der Waals surface area (Å²) in [6, 6.07) is 17.1. The van der Waals surface area contributed by atoms with E-state index in [4.69, 9.17) is 6.57 Å². The summed E-state index contributed by atoms with van der Waals surface area (Å²) in [5, 5.41) is 20.2. The van der Waals surface area contributed by atoms with Gasteiger partial charge in [0.15, 0.2) is 5.70 Å². The molecule has 1 unspecified atom stereocenters. The predicted molar refractivity (Wildman–Crippen MR) is 132 cm³/mol. The van der Waals surface area contributed by atoms with Crippen molar-refractivity contribution in [2.75, 3.05) is 18.4 Å². The highest BCUT2D eigenvalue weighted by Gasteiger charge is 2.37. The number of allylic oxidation sites excluding steroid dienone is 2. The molecular formula is C26H21BrN6O. The maximum absolute atomic E-state index is 12.9. The summed E-state index contributed by atoms with van der Waals surface area (Å²) in [5.41, 5.74) is 4.45. The first-order valence-corrected chi connectivity index (χ1v) is 11.9. The average Bonchev–Trinajstić information content (AvgIpc) is 3.36. The summed E-state index contributed by atoms with van der Waals surface area (Å²) >= 11 is 3.59. The first kappa shape index (κ1) is 21.9. The third-order valence-corrected chi connectivity index (χ3v) is 7.47. The fraction of sp³-hybridized carbons (Fsp3) is 0.231. The Labute approximate surface area is 206 Å². The van der Waals surface area contributed by atoms with Crippen LogP contribution in [0.25, 0.3) is 4.85 Å². The van der Waals surface area contributed by atoms with Gasteiger partial charge in [-0.1, -0.05) is 30.3 Å². The number of nitrogens with one attached hydrogen (secondary N) is 2. The molecule has 0 aliphatic carbocycles. The number of rotatable bonds is 3.